The van der Waals surface area contributed by atoms with Crippen molar-refractivity contribution in [1.29, 1.82) is 0 Å². The van der Waals surface area contributed by atoms with Crippen molar-refractivity contribution in [3.63, 3.8) is 0 Å². The minimum absolute atomic E-state index is 0.279. The van der Waals surface area contributed by atoms with E-state index in [-0.39, 0.29) is 5.97 Å². The minimum atomic E-state index is -0.279. The molecule has 0 spiro atoms. The van der Waals surface area contributed by atoms with Crippen LogP contribution in [0, 0.1) is 0 Å². The van der Waals surface area contributed by atoms with E-state index in [4.69, 9.17) is 4.74 Å². The van der Waals surface area contributed by atoms with Gasteiger partial charge in [-0.15, -0.1) is 0 Å². The number of likely N-dealkylation sites (N-methyl/N-ethyl adjacent to an activating group) is 1. The van der Waals surface area contributed by atoms with Gasteiger partial charge in [0, 0.05) is 13.1 Å². The third-order valence-electron chi connectivity index (χ3n) is 3.76. The number of ether oxygens (including phenoxy) is 1. The van der Waals surface area contributed by atoms with E-state index in [0.29, 0.717) is 5.56 Å². The number of rotatable bonds is 7. The zero-order valence-electron chi connectivity index (χ0n) is 13.3. The lowest BCUT2D eigenvalue weighted by Gasteiger charge is -2.20. The van der Waals surface area contributed by atoms with Gasteiger partial charge in [0.2, 0.25) is 0 Å². The lowest BCUT2D eigenvalue weighted by Crippen LogP contribution is -2.25. The van der Waals surface area contributed by atoms with Crippen LogP contribution in [-0.2, 0) is 17.7 Å². The van der Waals surface area contributed by atoms with Crippen molar-refractivity contribution in [1.82, 2.24) is 4.90 Å². The fourth-order valence-electron chi connectivity index (χ4n) is 2.45. The summed E-state index contributed by atoms with van der Waals surface area (Å²) in [5.74, 6) is -0.279. The number of hydrogen-bond donors (Lipinski definition) is 0. The summed E-state index contributed by atoms with van der Waals surface area (Å²) < 4.78 is 4.77. The highest BCUT2D eigenvalue weighted by Crippen LogP contribution is 2.10. The summed E-state index contributed by atoms with van der Waals surface area (Å²) in [6.45, 7) is 5.10. The van der Waals surface area contributed by atoms with E-state index < -0.39 is 0 Å². The van der Waals surface area contributed by atoms with Crippen molar-refractivity contribution in [3.05, 3.63) is 71.3 Å². The first-order valence-corrected chi connectivity index (χ1v) is 7.66. The first-order chi connectivity index (χ1) is 10.7. The molecule has 0 bridgehead atoms. The molecule has 0 aromatic heterocycles. The molecule has 2 aromatic carbocycles. The highest BCUT2D eigenvalue weighted by Gasteiger charge is 2.07. The number of esters is 1. The molecule has 0 saturated carbocycles. The van der Waals surface area contributed by atoms with E-state index in [1.54, 1.807) is 6.07 Å². The van der Waals surface area contributed by atoms with E-state index in [0.717, 1.165) is 31.6 Å². The molecule has 0 radical (unpaired) electrons. The average Bonchev–Trinajstić information content (AvgIpc) is 2.59. The van der Waals surface area contributed by atoms with Crippen molar-refractivity contribution < 1.29 is 9.53 Å². The molecule has 0 aliphatic carbocycles. The summed E-state index contributed by atoms with van der Waals surface area (Å²) in [6.07, 6.45) is 0.922. The van der Waals surface area contributed by atoms with Gasteiger partial charge in [0.15, 0.2) is 0 Å². The quantitative estimate of drug-likeness (QED) is 0.732. The van der Waals surface area contributed by atoms with Gasteiger partial charge in [-0.05, 0) is 36.2 Å². The first kappa shape index (κ1) is 16.2. The molecule has 3 nitrogen and oxygen atoms in total. The lowest BCUT2D eigenvalue weighted by molar-refractivity contribution is 0.0600. The molecule has 0 unspecified atom stereocenters. The molecule has 0 amide bonds. The highest BCUT2D eigenvalue weighted by atomic mass is 16.5. The second-order valence-corrected chi connectivity index (χ2v) is 5.30. The predicted octanol–water partition coefficient (Wildman–Crippen LogP) is 3.54. The first-order valence-electron chi connectivity index (χ1n) is 7.66. The van der Waals surface area contributed by atoms with Crippen LogP contribution in [0.4, 0.5) is 0 Å². The normalized spacial score (nSPS) is 10.7. The van der Waals surface area contributed by atoms with Gasteiger partial charge >= 0.3 is 5.97 Å². The van der Waals surface area contributed by atoms with Crippen LogP contribution in [0.1, 0.15) is 28.4 Å². The van der Waals surface area contributed by atoms with Crippen LogP contribution in [0.25, 0.3) is 0 Å². The van der Waals surface area contributed by atoms with Crippen LogP contribution in [0.2, 0.25) is 0 Å². The van der Waals surface area contributed by atoms with Crippen LogP contribution in [0.5, 0.6) is 0 Å². The summed E-state index contributed by atoms with van der Waals surface area (Å²) in [4.78, 5) is 14.0. The van der Waals surface area contributed by atoms with Gasteiger partial charge in [0.25, 0.3) is 0 Å². The maximum absolute atomic E-state index is 11.6. The Balaban J connectivity index is 1.94. The number of hydrogen-bond acceptors (Lipinski definition) is 3. The highest BCUT2D eigenvalue weighted by molar-refractivity contribution is 5.89. The third kappa shape index (κ3) is 4.71. The van der Waals surface area contributed by atoms with Gasteiger partial charge in [-0.2, -0.15) is 0 Å². The molecule has 0 heterocycles. The fraction of sp³-hybridized carbons (Fsp3) is 0.316. The van der Waals surface area contributed by atoms with Crippen molar-refractivity contribution in [2.75, 3.05) is 20.2 Å². The van der Waals surface area contributed by atoms with Gasteiger partial charge in [-0.3, -0.25) is 4.90 Å². The molecular weight excluding hydrogens is 274 g/mol. The molecule has 0 fully saturated rings. The Hall–Kier alpha value is -2.13. The van der Waals surface area contributed by atoms with Crippen LogP contribution < -0.4 is 0 Å². The van der Waals surface area contributed by atoms with Gasteiger partial charge in [-0.25, -0.2) is 4.79 Å². The molecular formula is C19H23NO2. The van der Waals surface area contributed by atoms with Crippen LogP contribution in [-0.4, -0.2) is 31.1 Å². The Morgan fingerprint density at radius 2 is 1.77 bits per heavy atom. The molecule has 116 valence electrons. The number of carbonyl (C=O) groups excluding carboxylic acids is 1. The molecule has 0 N–H and O–H groups in total. The standard InChI is InChI=1S/C19H23NO2/c1-3-20(15-17-8-5-4-6-9-17)13-12-16-10-7-11-18(14-16)19(21)22-2/h4-11,14H,3,12-13,15H2,1-2H3. The topological polar surface area (TPSA) is 29.5 Å². The monoisotopic (exact) mass is 297 g/mol. The Morgan fingerprint density at radius 1 is 1.05 bits per heavy atom. The predicted molar refractivity (Wildman–Crippen MR) is 88.9 cm³/mol. The summed E-state index contributed by atoms with van der Waals surface area (Å²) in [7, 11) is 1.41. The van der Waals surface area contributed by atoms with Crippen LogP contribution in [0.3, 0.4) is 0 Å². The lowest BCUT2D eigenvalue weighted by atomic mass is 10.1. The summed E-state index contributed by atoms with van der Waals surface area (Å²) >= 11 is 0. The zero-order valence-corrected chi connectivity index (χ0v) is 13.3. The maximum Gasteiger partial charge on any atom is 0.337 e. The molecule has 0 aliphatic rings. The van der Waals surface area contributed by atoms with Crippen molar-refractivity contribution in [3.8, 4) is 0 Å². The van der Waals surface area contributed by atoms with Crippen molar-refractivity contribution in [2.45, 2.75) is 19.9 Å². The molecule has 0 aliphatic heterocycles. The van der Waals surface area contributed by atoms with Crippen LogP contribution in [0.15, 0.2) is 54.6 Å². The summed E-state index contributed by atoms with van der Waals surface area (Å²) in [5, 5.41) is 0. The molecule has 2 aromatic rings. The summed E-state index contributed by atoms with van der Waals surface area (Å²) in [5.41, 5.74) is 3.10. The molecule has 0 saturated heterocycles. The average molecular weight is 297 g/mol. The van der Waals surface area contributed by atoms with Crippen molar-refractivity contribution >= 4 is 5.97 Å². The molecule has 22 heavy (non-hydrogen) atoms. The van der Waals surface area contributed by atoms with Crippen molar-refractivity contribution in [2.24, 2.45) is 0 Å². The SMILES string of the molecule is CCN(CCc1cccc(C(=O)OC)c1)Cc1ccccc1. The van der Waals surface area contributed by atoms with Gasteiger partial charge in [0.1, 0.15) is 0 Å². The van der Waals surface area contributed by atoms with E-state index in [9.17, 15) is 4.79 Å². The Kier molecular flexibility index (Phi) is 6.16. The van der Waals surface area contributed by atoms with Gasteiger partial charge < -0.3 is 4.74 Å². The Bertz CT molecular complexity index is 595. The van der Waals surface area contributed by atoms with Crippen LogP contribution >= 0.6 is 0 Å². The van der Waals surface area contributed by atoms with E-state index in [1.165, 1.54) is 12.7 Å². The van der Waals surface area contributed by atoms with E-state index in [1.807, 2.05) is 18.2 Å². The number of carbonyl (C=O) groups is 1. The molecule has 0 atom stereocenters. The fourth-order valence-corrected chi connectivity index (χ4v) is 2.45. The Labute approximate surface area is 132 Å². The number of benzene rings is 2. The summed E-state index contributed by atoms with van der Waals surface area (Å²) in [6, 6.07) is 18.2. The number of nitrogens with zero attached hydrogens (tertiary/aromatic N) is 1. The largest absolute Gasteiger partial charge is 0.465 e. The van der Waals surface area contributed by atoms with E-state index in [2.05, 4.69) is 42.2 Å². The van der Waals surface area contributed by atoms with Gasteiger partial charge in [0.05, 0.1) is 12.7 Å². The maximum atomic E-state index is 11.6. The number of methoxy groups -OCH3 is 1. The second-order valence-electron chi connectivity index (χ2n) is 5.30. The Morgan fingerprint density at radius 3 is 2.45 bits per heavy atom. The van der Waals surface area contributed by atoms with E-state index >= 15 is 0 Å². The molecule has 2 rings (SSSR count). The smallest absolute Gasteiger partial charge is 0.337 e. The molecule has 3 heteroatoms. The minimum Gasteiger partial charge on any atom is -0.465 e. The zero-order chi connectivity index (χ0) is 15.8. The van der Waals surface area contributed by atoms with Gasteiger partial charge in [-0.1, -0.05) is 49.4 Å². The third-order valence-corrected chi connectivity index (χ3v) is 3.76. The second kappa shape index (κ2) is 8.35.